The lowest BCUT2D eigenvalue weighted by Gasteiger charge is -2.13. The zero-order chi connectivity index (χ0) is 11.3. The van der Waals surface area contributed by atoms with Crippen LogP contribution >= 0.6 is 11.6 Å². The van der Waals surface area contributed by atoms with Crippen LogP contribution in [-0.2, 0) is 0 Å². The molecule has 0 saturated heterocycles. The summed E-state index contributed by atoms with van der Waals surface area (Å²) in [5.41, 5.74) is 2.27. The number of hydrogen-bond donors (Lipinski definition) is 1. The molecule has 0 amide bonds. The van der Waals surface area contributed by atoms with Crippen LogP contribution < -0.4 is 5.32 Å². The first kappa shape index (κ1) is 12.3. The summed E-state index contributed by atoms with van der Waals surface area (Å²) >= 11 is 6.10. The van der Waals surface area contributed by atoms with Crippen LogP contribution in [0.15, 0.2) is 18.2 Å². The number of benzene rings is 1. The van der Waals surface area contributed by atoms with Crippen LogP contribution in [0.3, 0.4) is 0 Å². The summed E-state index contributed by atoms with van der Waals surface area (Å²) in [5, 5.41) is 4.18. The summed E-state index contributed by atoms with van der Waals surface area (Å²) in [7, 11) is 4.17. The van der Waals surface area contributed by atoms with Gasteiger partial charge in [0.1, 0.15) is 0 Å². The first-order valence-corrected chi connectivity index (χ1v) is 5.63. The second kappa shape index (κ2) is 5.99. The van der Waals surface area contributed by atoms with Crippen molar-refractivity contribution in [1.82, 2.24) is 4.90 Å². The Morgan fingerprint density at radius 3 is 2.67 bits per heavy atom. The predicted octanol–water partition coefficient (Wildman–Crippen LogP) is 3.01. The van der Waals surface area contributed by atoms with E-state index in [2.05, 4.69) is 37.3 Å². The summed E-state index contributed by atoms with van der Waals surface area (Å²) in [4.78, 5) is 2.18. The van der Waals surface area contributed by atoms with E-state index >= 15 is 0 Å². The summed E-state index contributed by atoms with van der Waals surface area (Å²) in [6.07, 6.45) is 1.12. The largest absolute Gasteiger partial charge is 0.384 e. The third kappa shape index (κ3) is 4.10. The van der Waals surface area contributed by atoms with E-state index in [4.69, 9.17) is 11.6 Å². The number of hydrogen-bond acceptors (Lipinski definition) is 2. The van der Waals surface area contributed by atoms with Crippen LogP contribution in [0, 0.1) is 6.92 Å². The number of nitrogens with zero attached hydrogens (tertiary/aromatic N) is 1. The molecule has 84 valence electrons. The zero-order valence-electron chi connectivity index (χ0n) is 9.68. The Labute approximate surface area is 97.2 Å². The van der Waals surface area contributed by atoms with Crippen molar-refractivity contribution >= 4 is 17.3 Å². The fraction of sp³-hybridized carbons (Fsp3) is 0.500. The highest BCUT2D eigenvalue weighted by atomic mass is 35.5. The third-order valence-electron chi connectivity index (χ3n) is 2.31. The van der Waals surface area contributed by atoms with Gasteiger partial charge in [-0.3, -0.25) is 0 Å². The van der Waals surface area contributed by atoms with Gasteiger partial charge in [0.05, 0.1) is 10.7 Å². The molecule has 0 bridgehead atoms. The van der Waals surface area contributed by atoms with Gasteiger partial charge in [-0.2, -0.15) is 0 Å². The maximum atomic E-state index is 6.10. The fourth-order valence-electron chi connectivity index (χ4n) is 1.46. The molecular formula is C12H19ClN2. The average Bonchev–Trinajstić information content (AvgIpc) is 2.15. The molecule has 0 aliphatic carbocycles. The second-order valence-electron chi connectivity index (χ2n) is 4.02. The van der Waals surface area contributed by atoms with Crippen molar-refractivity contribution in [3.8, 4) is 0 Å². The van der Waals surface area contributed by atoms with Gasteiger partial charge in [-0.15, -0.1) is 0 Å². The minimum absolute atomic E-state index is 0.805. The van der Waals surface area contributed by atoms with E-state index in [0.29, 0.717) is 0 Å². The molecular weight excluding hydrogens is 208 g/mol. The molecule has 15 heavy (non-hydrogen) atoms. The first-order valence-electron chi connectivity index (χ1n) is 5.25. The Hall–Kier alpha value is -0.730. The van der Waals surface area contributed by atoms with Gasteiger partial charge in [0.25, 0.3) is 0 Å². The van der Waals surface area contributed by atoms with Gasteiger partial charge in [-0.05, 0) is 45.6 Å². The molecule has 3 heteroatoms. The second-order valence-corrected chi connectivity index (χ2v) is 4.42. The summed E-state index contributed by atoms with van der Waals surface area (Å²) in [6, 6.07) is 5.96. The van der Waals surface area contributed by atoms with Crippen LogP contribution in [0.2, 0.25) is 5.02 Å². The Morgan fingerprint density at radius 2 is 2.07 bits per heavy atom. The van der Waals surface area contributed by atoms with Crippen molar-refractivity contribution in [2.45, 2.75) is 13.3 Å². The Balaban J connectivity index is 2.43. The molecule has 0 fully saturated rings. The van der Waals surface area contributed by atoms with Gasteiger partial charge in [0.15, 0.2) is 0 Å². The number of anilines is 1. The van der Waals surface area contributed by atoms with Crippen LogP contribution in [0.5, 0.6) is 0 Å². The molecule has 1 aromatic rings. The topological polar surface area (TPSA) is 15.3 Å². The summed E-state index contributed by atoms with van der Waals surface area (Å²) in [5.74, 6) is 0. The van der Waals surface area contributed by atoms with Gasteiger partial charge in [-0.1, -0.05) is 23.7 Å². The van der Waals surface area contributed by atoms with E-state index in [1.807, 2.05) is 12.1 Å². The van der Waals surface area contributed by atoms with Crippen molar-refractivity contribution in [2.75, 3.05) is 32.5 Å². The number of halogens is 1. The minimum atomic E-state index is 0.805. The normalized spacial score (nSPS) is 10.7. The molecule has 1 N–H and O–H groups in total. The van der Waals surface area contributed by atoms with Crippen LogP contribution in [0.4, 0.5) is 5.69 Å². The molecule has 2 nitrogen and oxygen atoms in total. The van der Waals surface area contributed by atoms with E-state index in [9.17, 15) is 0 Å². The molecule has 1 rings (SSSR count). The Morgan fingerprint density at radius 1 is 1.33 bits per heavy atom. The highest BCUT2D eigenvalue weighted by molar-refractivity contribution is 6.33. The molecule has 0 atom stereocenters. The van der Waals surface area contributed by atoms with Crippen LogP contribution in [0.25, 0.3) is 0 Å². The van der Waals surface area contributed by atoms with E-state index in [1.54, 1.807) is 0 Å². The lowest BCUT2D eigenvalue weighted by Crippen LogP contribution is -2.16. The van der Waals surface area contributed by atoms with Gasteiger partial charge in [-0.25, -0.2) is 0 Å². The quantitative estimate of drug-likeness (QED) is 0.777. The minimum Gasteiger partial charge on any atom is -0.384 e. The van der Waals surface area contributed by atoms with Gasteiger partial charge in [0, 0.05) is 6.54 Å². The highest BCUT2D eigenvalue weighted by Gasteiger charge is 2.01. The standard InChI is InChI=1S/C12H19ClN2/c1-10-6-4-7-11(13)12(10)14-8-5-9-15(2)3/h4,6-7,14H,5,8-9H2,1-3H3. The third-order valence-corrected chi connectivity index (χ3v) is 2.62. The zero-order valence-corrected chi connectivity index (χ0v) is 10.4. The van der Waals surface area contributed by atoms with Gasteiger partial charge in [0.2, 0.25) is 0 Å². The summed E-state index contributed by atoms with van der Waals surface area (Å²) < 4.78 is 0. The highest BCUT2D eigenvalue weighted by Crippen LogP contribution is 2.24. The molecule has 0 unspecified atom stereocenters. The molecule has 0 aromatic heterocycles. The lowest BCUT2D eigenvalue weighted by atomic mass is 10.2. The van der Waals surface area contributed by atoms with Crippen molar-refractivity contribution in [3.63, 3.8) is 0 Å². The molecule has 1 aromatic carbocycles. The van der Waals surface area contributed by atoms with E-state index in [0.717, 1.165) is 30.2 Å². The fourth-order valence-corrected chi connectivity index (χ4v) is 1.75. The molecule has 0 radical (unpaired) electrons. The SMILES string of the molecule is Cc1cccc(Cl)c1NCCCN(C)C. The molecule has 0 aliphatic heterocycles. The molecule has 0 spiro atoms. The van der Waals surface area contributed by atoms with Gasteiger partial charge < -0.3 is 10.2 Å². The Kier molecular flexibility index (Phi) is 4.92. The molecule has 0 aliphatic rings. The van der Waals surface area contributed by atoms with Crippen molar-refractivity contribution in [2.24, 2.45) is 0 Å². The van der Waals surface area contributed by atoms with Crippen molar-refractivity contribution in [3.05, 3.63) is 28.8 Å². The summed E-state index contributed by atoms with van der Waals surface area (Å²) in [6.45, 7) is 4.12. The maximum Gasteiger partial charge on any atom is 0.0640 e. The monoisotopic (exact) mass is 226 g/mol. The number of para-hydroxylation sites is 1. The van der Waals surface area contributed by atoms with Gasteiger partial charge >= 0.3 is 0 Å². The van der Waals surface area contributed by atoms with E-state index in [-0.39, 0.29) is 0 Å². The first-order chi connectivity index (χ1) is 7.11. The van der Waals surface area contributed by atoms with Crippen LogP contribution in [0.1, 0.15) is 12.0 Å². The average molecular weight is 227 g/mol. The smallest absolute Gasteiger partial charge is 0.0640 e. The lowest BCUT2D eigenvalue weighted by molar-refractivity contribution is 0.405. The number of aryl methyl sites for hydroxylation is 1. The number of nitrogens with one attached hydrogen (secondary N) is 1. The number of rotatable bonds is 5. The molecule has 0 heterocycles. The predicted molar refractivity (Wildman–Crippen MR) is 67.8 cm³/mol. The maximum absolute atomic E-state index is 6.10. The van der Waals surface area contributed by atoms with E-state index < -0.39 is 0 Å². The van der Waals surface area contributed by atoms with E-state index in [1.165, 1.54) is 5.56 Å². The van der Waals surface area contributed by atoms with Crippen LogP contribution in [-0.4, -0.2) is 32.1 Å². The van der Waals surface area contributed by atoms with Crippen molar-refractivity contribution in [1.29, 1.82) is 0 Å². The van der Waals surface area contributed by atoms with Crippen molar-refractivity contribution < 1.29 is 0 Å². The Bertz CT molecular complexity index is 290. The molecule has 0 saturated carbocycles.